The summed E-state index contributed by atoms with van der Waals surface area (Å²) in [5.74, 6) is 0.144. The number of nitrogens with one attached hydrogen (secondary N) is 2. The van der Waals surface area contributed by atoms with Crippen molar-refractivity contribution in [3.63, 3.8) is 0 Å². The van der Waals surface area contributed by atoms with E-state index in [0.717, 1.165) is 40.8 Å². The molecule has 1 aliphatic heterocycles. The van der Waals surface area contributed by atoms with Crippen molar-refractivity contribution >= 4 is 16.8 Å². The number of benzene rings is 1. The number of hydrogen-bond acceptors (Lipinski definition) is 5. The molecular weight excluding hydrogens is 344 g/mol. The highest BCUT2D eigenvalue weighted by Crippen LogP contribution is 2.17. The Bertz CT molecular complexity index is 1030. The van der Waals surface area contributed by atoms with Gasteiger partial charge in [0.2, 0.25) is 5.82 Å². The maximum absolute atomic E-state index is 12.5. The molecule has 0 bridgehead atoms. The van der Waals surface area contributed by atoms with Gasteiger partial charge in [-0.1, -0.05) is 6.07 Å². The Morgan fingerprint density at radius 2 is 1.93 bits per heavy atom. The number of nitrogens with zero attached hydrogens (tertiary/aromatic N) is 4. The van der Waals surface area contributed by atoms with Crippen LogP contribution in [0.2, 0.25) is 0 Å². The van der Waals surface area contributed by atoms with E-state index < -0.39 is 0 Å². The number of carbonyl (C=O) groups excluding carboxylic acids is 1. The lowest BCUT2D eigenvalue weighted by atomic mass is 10.1. The highest BCUT2D eigenvalue weighted by atomic mass is 16.2. The second-order valence-corrected chi connectivity index (χ2v) is 7.07. The average molecular weight is 366 g/mol. The monoisotopic (exact) mass is 366 g/mol. The molecule has 3 heterocycles. The number of aryl methyl sites for hydroxylation is 2. The van der Waals surface area contributed by atoms with Crippen molar-refractivity contribution in [1.82, 2.24) is 30.0 Å². The molecule has 2 aromatic heterocycles. The number of hydrogen-bond donors (Lipinski definition) is 2. The number of rotatable bonds is 3. The second-order valence-electron chi connectivity index (χ2n) is 7.07. The van der Waals surface area contributed by atoms with Crippen molar-refractivity contribution in [2.75, 3.05) is 26.2 Å². The molecule has 2 N–H and O–H groups in total. The highest BCUT2D eigenvalue weighted by Gasteiger charge is 2.24. The molecular formula is C19H22N6O2. The molecule has 8 heteroatoms. The molecule has 140 valence electrons. The molecule has 0 spiro atoms. The Balaban J connectivity index is 1.46. The predicted molar refractivity (Wildman–Crippen MR) is 102 cm³/mol. The van der Waals surface area contributed by atoms with Crippen molar-refractivity contribution in [1.29, 1.82) is 0 Å². The summed E-state index contributed by atoms with van der Waals surface area (Å²) in [5, 5.41) is 7.07. The van der Waals surface area contributed by atoms with Gasteiger partial charge in [-0.05, 0) is 31.0 Å². The molecule has 0 unspecified atom stereocenters. The Hall–Kier alpha value is -3.00. The normalized spacial score (nSPS) is 15.4. The lowest BCUT2D eigenvalue weighted by Gasteiger charge is -2.34. The fourth-order valence-corrected chi connectivity index (χ4v) is 3.65. The van der Waals surface area contributed by atoms with E-state index in [-0.39, 0.29) is 17.2 Å². The molecule has 4 rings (SSSR count). The summed E-state index contributed by atoms with van der Waals surface area (Å²) in [6.45, 7) is 7.40. The fraction of sp³-hybridized carbons (Fsp3) is 0.368. The molecule has 1 aromatic carbocycles. The van der Waals surface area contributed by atoms with E-state index in [2.05, 4.69) is 31.1 Å². The van der Waals surface area contributed by atoms with Crippen LogP contribution in [0.5, 0.6) is 0 Å². The molecule has 27 heavy (non-hydrogen) atoms. The molecule has 3 aromatic rings. The number of piperazine rings is 1. The molecule has 1 aliphatic rings. The smallest absolute Gasteiger partial charge is 0.291 e. The lowest BCUT2D eigenvalue weighted by molar-refractivity contribution is 0.0615. The van der Waals surface area contributed by atoms with Crippen LogP contribution in [0.15, 0.2) is 29.3 Å². The summed E-state index contributed by atoms with van der Waals surface area (Å²) >= 11 is 0. The maximum Gasteiger partial charge on any atom is 0.291 e. The molecule has 8 nitrogen and oxygen atoms in total. The quantitative estimate of drug-likeness (QED) is 0.726. The minimum atomic E-state index is -0.128. The first-order chi connectivity index (χ1) is 13.0. The Labute approximate surface area is 156 Å². The van der Waals surface area contributed by atoms with Crippen molar-refractivity contribution in [3.05, 3.63) is 57.4 Å². The maximum atomic E-state index is 12.5. The van der Waals surface area contributed by atoms with Crippen LogP contribution in [0, 0.1) is 13.8 Å². The van der Waals surface area contributed by atoms with Gasteiger partial charge in [-0.3, -0.25) is 19.6 Å². The number of aromatic amines is 2. The van der Waals surface area contributed by atoms with Crippen LogP contribution in [0.3, 0.4) is 0 Å². The Kier molecular flexibility index (Phi) is 4.49. The summed E-state index contributed by atoms with van der Waals surface area (Å²) in [6.07, 6.45) is 1.34. The standard InChI is InChI=1S/C19H22N6O2/c1-12-7-13(2)17-15(8-12)16(26)9-14(22-17)10-24-3-5-25(6-4-24)19(27)18-20-11-21-23-18/h7-9,11H,3-6,10H2,1-2H3,(H,22,26)(H,20,21,23). The number of fused-ring (bicyclic) bond motifs is 1. The van der Waals surface area contributed by atoms with E-state index in [1.807, 2.05) is 19.9 Å². The van der Waals surface area contributed by atoms with Crippen molar-refractivity contribution in [2.45, 2.75) is 20.4 Å². The van der Waals surface area contributed by atoms with Crippen LogP contribution < -0.4 is 5.43 Å². The third-order valence-electron chi connectivity index (χ3n) is 5.01. The summed E-state index contributed by atoms with van der Waals surface area (Å²) < 4.78 is 0. The highest BCUT2D eigenvalue weighted by molar-refractivity contribution is 5.90. The van der Waals surface area contributed by atoms with Crippen molar-refractivity contribution in [3.8, 4) is 0 Å². The van der Waals surface area contributed by atoms with Gasteiger partial charge < -0.3 is 9.88 Å². The van der Waals surface area contributed by atoms with Gasteiger partial charge in [0.1, 0.15) is 6.33 Å². The Morgan fingerprint density at radius 1 is 1.15 bits per heavy atom. The van der Waals surface area contributed by atoms with Crippen LogP contribution in [0.4, 0.5) is 0 Å². The van der Waals surface area contributed by atoms with Crippen molar-refractivity contribution < 1.29 is 4.79 Å². The summed E-state index contributed by atoms with van der Waals surface area (Å²) in [7, 11) is 0. The molecule has 1 saturated heterocycles. The van der Waals surface area contributed by atoms with Gasteiger partial charge in [-0.15, -0.1) is 0 Å². The summed E-state index contributed by atoms with van der Waals surface area (Å²) in [5.41, 5.74) is 4.01. The van der Waals surface area contributed by atoms with E-state index in [1.165, 1.54) is 6.33 Å². The third kappa shape index (κ3) is 3.48. The van der Waals surface area contributed by atoms with Crippen molar-refractivity contribution in [2.24, 2.45) is 0 Å². The average Bonchev–Trinajstić information content (AvgIpc) is 3.18. The molecule has 0 atom stereocenters. The minimum Gasteiger partial charge on any atom is -0.357 e. The molecule has 1 fully saturated rings. The van der Waals surface area contributed by atoms with E-state index in [1.54, 1.807) is 11.0 Å². The van der Waals surface area contributed by atoms with Gasteiger partial charge in [0.15, 0.2) is 5.43 Å². The Morgan fingerprint density at radius 3 is 2.63 bits per heavy atom. The van der Waals surface area contributed by atoms with Crippen LogP contribution in [-0.2, 0) is 6.54 Å². The first kappa shape index (κ1) is 17.4. The summed E-state index contributed by atoms with van der Waals surface area (Å²) in [6, 6.07) is 5.70. The van der Waals surface area contributed by atoms with Gasteiger partial charge >= 0.3 is 0 Å². The largest absolute Gasteiger partial charge is 0.357 e. The molecule has 0 saturated carbocycles. The zero-order chi connectivity index (χ0) is 19.0. The van der Waals surface area contributed by atoms with Gasteiger partial charge in [-0.2, -0.15) is 5.10 Å². The van der Waals surface area contributed by atoms with Gasteiger partial charge in [-0.25, -0.2) is 4.98 Å². The topological polar surface area (TPSA) is 98.0 Å². The zero-order valence-corrected chi connectivity index (χ0v) is 15.5. The number of H-pyrrole nitrogens is 2. The number of pyridine rings is 1. The molecule has 0 radical (unpaired) electrons. The van der Waals surface area contributed by atoms with Gasteiger partial charge in [0, 0.05) is 49.9 Å². The van der Waals surface area contributed by atoms with E-state index in [0.29, 0.717) is 19.6 Å². The summed E-state index contributed by atoms with van der Waals surface area (Å²) in [4.78, 5) is 36.2. The number of aromatic nitrogens is 4. The number of amides is 1. The van der Waals surface area contributed by atoms with E-state index in [4.69, 9.17) is 0 Å². The number of carbonyl (C=O) groups is 1. The molecule has 1 amide bonds. The lowest BCUT2D eigenvalue weighted by Crippen LogP contribution is -2.48. The second kappa shape index (κ2) is 6.96. The van der Waals surface area contributed by atoms with Crippen LogP contribution in [-0.4, -0.2) is 62.1 Å². The SMILES string of the molecule is Cc1cc(C)c2[nH]c(CN3CCN(C(=O)c4ncn[nH]4)CC3)cc(=O)c2c1. The van der Waals surface area contributed by atoms with Gasteiger partial charge in [0.05, 0.1) is 5.52 Å². The first-order valence-electron chi connectivity index (χ1n) is 9.01. The first-order valence-corrected chi connectivity index (χ1v) is 9.01. The predicted octanol–water partition coefficient (Wildman–Crippen LogP) is 1.22. The van der Waals surface area contributed by atoms with Crippen LogP contribution >= 0.6 is 0 Å². The minimum absolute atomic E-state index is 0.0460. The zero-order valence-electron chi connectivity index (χ0n) is 15.5. The fourth-order valence-electron chi connectivity index (χ4n) is 3.65. The van der Waals surface area contributed by atoms with E-state index in [9.17, 15) is 9.59 Å². The molecule has 0 aliphatic carbocycles. The van der Waals surface area contributed by atoms with Crippen LogP contribution in [0.1, 0.15) is 27.4 Å². The van der Waals surface area contributed by atoms with Gasteiger partial charge in [0.25, 0.3) is 5.91 Å². The van der Waals surface area contributed by atoms with Crippen LogP contribution in [0.25, 0.3) is 10.9 Å². The third-order valence-corrected chi connectivity index (χ3v) is 5.01. The van der Waals surface area contributed by atoms with E-state index >= 15 is 0 Å².